The molecule has 3 aromatic rings. The Kier molecular flexibility index (Phi) is 4.50. The van der Waals surface area contributed by atoms with Gasteiger partial charge in [0.25, 0.3) is 5.91 Å². The third-order valence-electron chi connectivity index (χ3n) is 4.22. The van der Waals surface area contributed by atoms with Crippen molar-refractivity contribution in [3.8, 4) is 11.5 Å². The van der Waals surface area contributed by atoms with Crippen LogP contribution in [0.2, 0.25) is 0 Å². The second-order valence-corrected chi connectivity index (χ2v) is 6.91. The van der Waals surface area contributed by atoms with E-state index < -0.39 is 0 Å². The number of carbonyl (C=O) groups is 1. The third-order valence-corrected chi connectivity index (χ3v) is 5.07. The first-order valence-corrected chi connectivity index (χ1v) is 9.12. The number of thiophene rings is 1. The fourth-order valence-corrected chi connectivity index (χ4v) is 3.52. The average molecular weight is 366 g/mol. The first-order chi connectivity index (χ1) is 12.7. The van der Waals surface area contributed by atoms with Gasteiger partial charge in [0.2, 0.25) is 0 Å². The molecule has 26 heavy (non-hydrogen) atoms. The Bertz CT molecular complexity index is 925. The van der Waals surface area contributed by atoms with Crippen LogP contribution in [0.3, 0.4) is 0 Å². The average Bonchev–Trinajstić information content (AvgIpc) is 3.20. The van der Waals surface area contributed by atoms with Crippen molar-refractivity contribution in [3.63, 3.8) is 0 Å². The SMILES string of the molecule is COc1cc([C@H]2NC(=O)c3ccccc3N2)ccc1OCc1cccs1. The molecule has 132 valence electrons. The molecule has 0 fully saturated rings. The maximum atomic E-state index is 12.3. The van der Waals surface area contributed by atoms with E-state index in [0.29, 0.717) is 23.7 Å². The molecule has 6 heteroatoms. The van der Waals surface area contributed by atoms with Crippen molar-refractivity contribution >= 4 is 22.9 Å². The second-order valence-electron chi connectivity index (χ2n) is 5.87. The molecule has 0 spiro atoms. The summed E-state index contributed by atoms with van der Waals surface area (Å²) in [6, 6.07) is 17.2. The number of amides is 1. The van der Waals surface area contributed by atoms with Crippen molar-refractivity contribution in [1.82, 2.24) is 5.32 Å². The van der Waals surface area contributed by atoms with Crippen LogP contribution in [-0.4, -0.2) is 13.0 Å². The van der Waals surface area contributed by atoms with Gasteiger partial charge in [0, 0.05) is 10.6 Å². The molecule has 1 amide bonds. The number of rotatable bonds is 5. The molecule has 1 aromatic heterocycles. The topological polar surface area (TPSA) is 59.6 Å². The van der Waals surface area contributed by atoms with Gasteiger partial charge in [-0.05, 0) is 41.3 Å². The maximum Gasteiger partial charge on any atom is 0.255 e. The fourth-order valence-electron chi connectivity index (χ4n) is 2.90. The summed E-state index contributed by atoms with van der Waals surface area (Å²) in [6.45, 7) is 0.499. The lowest BCUT2D eigenvalue weighted by Gasteiger charge is -2.28. The van der Waals surface area contributed by atoms with Crippen LogP contribution in [0.1, 0.15) is 27.0 Å². The quantitative estimate of drug-likeness (QED) is 0.711. The van der Waals surface area contributed by atoms with E-state index in [1.54, 1.807) is 24.5 Å². The van der Waals surface area contributed by atoms with Gasteiger partial charge in [-0.25, -0.2) is 0 Å². The van der Waals surface area contributed by atoms with E-state index in [4.69, 9.17) is 9.47 Å². The lowest BCUT2D eigenvalue weighted by molar-refractivity contribution is 0.0935. The third kappa shape index (κ3) is 3.23. The number of anilines is 1. The number of nitrogens with one attached hydrogen (secondary N) is 2. The van der Waals surface area contributed by atoms with E-state index in [2.05, 4.69) is 10.6 Å². The number of carbonyl (C=O) groups excluding carboxylic acids is 1. The van der Waals surface area contributed by atoms with Gasteiger partial charge in [0.15, 0.2) is 11.5 Å². The van der Waals surface area contributed by atoms with Crippen LogP contribution in [0.25, 0.3) is 0 Å². The number of methoxy groups -OCH3 is 1. The molecule has 2 N–H and O–H groups in total. The normalized spacial score (nSPS) is 15.6. The molecular weight excluding hydrogens is 348 g/mol. The number of hydrogen-bond donors (Lipinski definition) is 2. The molecular formula is C20H18N2O3S. The molecule has 0 radical (unpaired) electrons. The molecule has 1 aliphatic heterocycles. The number of ether oxygens (including phenoxy) is 2. The van der Waals surface area contributed by atoms with Crippen molar-refractivity contribution in [2.75, 3.05) is 12.4 Å². The lowest BCUT2D eigenvalue weighted by Crippen LogP contribution is -2.38. The summed E-state index contributed by atoms with van der Waals surface area (Å²) in [7, 11) is 1.61. The maximum absolute atomic E-state index is 12.3. The number of fused-ring (bicyclic) bond motifs is 1. The predicted octanol–water partition coefficient (Wildman–Crippen LogP) is 4.19. The molecule has 0 unspecified atom stereocenters. The summed E-state index contributed by atoms with van der Waals surface area (Å²) in [4.78, 5) is 13.5. The largest absolute Gasteiger partial charge is 0.493 e. The Labute approximate surface area is 155 Å². The summed E-state index contributed by atoms with van der Waals surface area (Å²) in [6.07, 6.45) is -0.322. The van der Waals surface area contributed by atoms with Crippen molar-refractivity contribution < 1.29 is 14.3 Å². The molecule has 2 aromatic carbocycles. The van der Waals surface area contributed by atoms with E-state index in [0.717, 1.165) is 16.1 Å². The van der Waals surface area contributed by atoms with Gasteiger partial charge in [-0.15, -0.1) is 11.3 Å². The van der Waals surface area contributed by atoms with Gasteiger partial charge >= 0.3 is 0 Å². The Morgan fingerprint density at radius 3 is 2.73 bits per heavy atom. The molecule has 1 aliphatic rings. The molecule has 0 bridgehead atoms. The van der Waals surface area contributed by atoms with Crippen LogP contribution < -0.4 is 20.1 Å². The lowest BCUT2D eigenvalue weighted by atomic mass is 10.1. The molecule has 0 aliphatic carbocycles. The summed E-state index contributed by atoms with van der Waals surface area (Å²) in [5, 5.41) is 8.33. The van der Waals surface area contributed by atoms with E-state index in [1.165, 1.54) is 0 Å². The van der Waals surface area contributed by atoms with E-state index >= 15 is 0 Å². The van der Waals surface area contributed by atoms with Gasteiger partial charge in [-0.2, -0.15) is 0 Å². The molecule has 4 rings (SSSR count). The molecule has 0 saturated heterocycles. The van der Waals surface area contributed by atoms with Crippen LogP contribution in [0.15, 0.2) is 60.0 Å². The van der Waals surface area contributed by atoms with E-state index in [9.17, 15) is 4.79 Å². The Balaban J connectivity index is 1.55. The standard InChI is InChI=1S/C20H18N2O3S/c1-24-18-11-13(8-9-17(18)25-12-14-5-4-10-26-14)19-21-16-7-3-2-6-15(16)20(23)22-19/h2-11,19,21H,12H2,1H3,(H,22,23)/t19-/m1/s1. The van der Waals surface area contributed by atoms with Crippen LogP contribution >= 0.6 is 11.3 Å². The van der Waals surface area contributed by atoms with Crippen LogP contribution in [0.5, 0.6) is 11.5 Å². The molecule has 2 heterocycles. The number of hydrogen-bond acceptors (Lipinski definition) is 5. The van der Waals surface area contributed by atoms with Crippen LogP contribution in [0, 0.1) is 0 Å². The number of benzene rings is 2. The summed E-state index contributed by atoms with van der Waals surface area (Å²) in [5.41, 5.74) is 2.36. The van der Waals surface area contributed by atoms with Crippen molar-refractivity contribution in [1.29, 1.82) is 0 Å². The summed E-state index contributed by atoms with van der Waals surface area (Å²) < 4.78 is 11.4. The zero-order chi connectivity index (χ0) is 17.9. The van der Waals surface area contributed by atoms with Gasteiger partial charge in [0.1, 0.15) is 12.8 Å². The zero-order valence-corrected chi connectivity index (χ0v) is 15.0. The Morgan fingerprint density at radius 2 is 1.92 bits per heavy atom. The fraction of sp³-hybridized carbons (Fsp3) is 0.150. The van der Waals surface area contributed by atoms with Gasteiger partial charge in [-0.1, -0.05) is 24.3 Å². The highest BCUT2D eigenvalue weighted by molar-refractivity contribution is 7.09. The minimum absolute atomic E-state index is 0.0960. The van der Waals surface area contributed by atoms with Crippen molar-refractivity contribution in [2.45, 2.75) is 12.8 Å². The zero-order valence-electron chi connectivity index (χ0n) is 14.2. The Morgan fingerprint density at radius 1 is 1.04 bits per heavy atom. The smallest absolute Gasteiger partial charge is 0.255 e. The molecule has 0 saturated carbocycles. The monoisotopic (exact) mass is 366 g/mol. The van der Waals surface area contributed by atoms with Gasteiger partial charge in [0.05, 0.1) is 12.7 Å². The van der Waals surface area contributed by atoms with Gasteiger partial charge < -0.3 is 20.1 Å². The first-order valence-electron chi connectivity index (χ1n) is 8.24. The highest BCUT2D eigenvalue weighted by Gasteiger charge is 2.24. The minimum Gasteiger partial charge on any atom is -0.493 e. The van der Waals surface area contributed by atoms with E-state index in [1.807, 2.05) is 53.9 Å². The van der Waals surface area contributed by atoms with E-state index in [-0.39, 0.29) is 12.1 Å². The number of para-hydroxylation sites is 1. The predicted molar refractivity (Wildman–Crippen MR) is 102 cm³/mol. The highest BCUT2D eigenvalue weighted by atomic mass is 32.1. The highest BCUT2D eigenvalue weighted by Crippen LogP contribution is 2.33. The van der Waals surface area contributed by atoms with Crippen molar-refractivity contribution in [3.05, 3.63) is 76.0 Å². The van der Waals surface area contributed by atoms with Gasteiger partial charge in [-0.3, -0.25) is 4.79 Å². The second kappa shape index (κ2) is 7.09. The molecule has 1 atom stereocenters. The van der Waals surface area contributed by atoms with Crippen molar-refractivity contribution in [2.24, 2.45) is 0 Å². The van der Waals surface area contributed by atoms with Crippen LogP contribution in [0.4, 0.5) is 5.69 Å². The molecule has 5 nitrogen and oxygen atoms in total. The summed E-state index contributed by atoms with van der Waals surface area (Å²) in [5.74, 6) is 1.21. The Hall–Kier alpha value is -2.99. The summed E-state index contributed by atoms with van der Waals surface area (Å²) >= 11 is 1.65. The van der Waals surface area contributed by atoms with Crippen LogP contribution in [-0.2, 0) is 6.61 Å². The first kappa shape index (κ1) is 16.5. The minimum atomic E-state index is -0.322.